The van der Waals surface area contributed by atoms with E-state index >= 15 is 0 Å². The van der Waals surface area contributed by atoms with Crippen molar-refractivity contribution in [2.24, 2.45) is 4.99 Å². The monoisotopic (exact) mass is 207 g/mol. The summed E-state index contributed by atoms with van der Waals surface area (Å²) in [5.74, 6) is 0. The Balaban J connectivity index is 4.16. The van der Waals surface area contributed by atoms with Gasteiger partial charge in [0.15, 0.2) is 0 Å². The second-order valence-electron chi connectivity index (χ2n) is 3.84. The minimum absolute atomic E-state index is 0.836. The maximum atomic E-state index is 4.59. The van der Waals surface area contributed by atoms with Crippen LogP contribution in [0.2, 0.25) is 0 Å². The molecule has 0 aromatic carbocycles. The Hall–Kier alpha value is -0.850. The molecule has 15 heavy (non-hydrogen) atoms. The van der Waals surface area contributed by atoms with Crippen LogP contribution in [0.15, 0.2) is 28.8 Å². The minimum Gasteiger partial charge on any atom is -0.286 e. The van der Waals surface area contributed by atoms with Gasteiger partial charge < -0.3 is 0 Å². The van der Waals surface area contributed by atoms with Gasteiger partial charge in [-0.25, -0.2) is 0 Å². The molecule has 0 aliphatic heterocycles. The van der Waals surface area contributed by atoms with E-state index in [2.05, 4.69) is 50.9 Å². The van der Waals surface area contributed by atoms with Crippen LogP contribution in [0, 0.1) is 0 Å². The van der Waals surface area contributed by atoms with E-state index in [0.29, 0.717) is 0 Å². The molecule has 0 aliphatic rings. The molecule has 0 rings (SSSR count). The molecule has 0 aromatic rings. The Labute approximate surface area is 95.0 Å². The molecule has 0 saturated carbocycles. The fraction of sp³-hybridized carbons (Fsp3) is 0.643. The van der Waals surface area contributed by atoms with Crippen molar-refractivity contribution < 1.29 is 0 Å². The van der Waals surface area contributed by atoms with Crippen LogP contribution >= 0.6 is 0 Å². The van der Waals surface area contributed by atoms with Crippen molar-refractivity contribution in [2.75, 3.05) is 6.54 Å². The lowest BCUT2D eigenvalue weighted by molar-refractivity contribution is 0.834. The second kappa shape index (κ2) is 9.70. The number of nitrogens with zero attached hydrogens (tertiary/aromatic N) is 1. The van der Waals surface area contributed by atoms with Gasteiger partial charge in [-0.1, -0.05) is 38.0 Å². The average Bonchev–Trinajstić information content (AvgIpc) is 2.25. The maximum Gasteiger partial charge on any atom is 0.0576 e. The van der Waals surface area contributed by atoms with Crippen molar-refractivity contribution in [3.8, 4) is 0 Å². The van der Waals surface area contributed by atoms with E-state index in [-0.39, 0.29) is 0 Å². The first kappa shape index (κ1) is 14.2. The molecule has 0 unspecified atom stereocenters. The molecule has 0 spiro atoms. The van der Waals surface area contributed by atoms with Crippen LogP contribution < -0.4 is 0 Å². The number of allylic oxidation sites excluding steroid dienone is 3. The molecule has 0 aromatic heterocycles. The van der Waals surface area contributed by atoms with Gasteiger partial charge in [0, 0.05) is 5.71 Å². The Bertz CT molecular complexity index is 234. The van der Waals surface area contributed by atoms with Crippen LogP contribution in [0.25, 0.3) is 0 Å². The summed E-state index contributed by atoms with van der Waals surface area (Å²) in [6.07, 6.45) is 11.1. The largest absolute Gasteiger partial charge is 0.286 e. The smallest absolute Gasteiger partial charge is 0.0576 e. The molecule has 0 N–H and O–H groups in total. The lowest BCUT2D eigenvalue weighted by Gasteiger charge is -1.99. The molecular weight excluding hydrogens is 182 g/mol. The lowest BCUT2D eigenvalue weighted by Crippen LogP contribution is -1.95. The van der Waals surface area contributed by atoms with E-state index in [4.69, 9.17) is 0 Å². The zero-order valence-corrected chi connectivity index (χ0v) is 10.7. The molecule has 1 heteroatoms. The van der Waals surface area contributed by atoms with Gasteiger partial charge in [0.2, 0.25) is 0 Å². The van der Waals surface area contributed by atoms with Gasteiger partial charge in [-0.3, -0.25) is 4.99 Å². The minimum atomic E-state index is 0.836. The third-order valence-electron chi connectivity index (χ3n) is 2.44. The summed E-state index contributed by atoms with van der Waals surface area (Å²) in [6, 6.07) is 0. The first-order valence-corrected chi connectivity index (χ1v) is 6.06. The van der Waals surface area contributed by atoms with E-state index in [1.807, 2.05) is 0 Å². The highest BCUT2D eigenvalue weighted by Gasteiger charge is 1.92. The van der Waals surface area contributed by atoms with Crippen molar-refractivity contribution in [1.29, 1.82) is 0 Å². The molecule has 0 atom stereocenters. The van der Waals surface area contributed by atoms with Crippen LogP contribution in [0.4, 0.5) is 0 Å². The van der Waals surface area contributed by atoms with Crippen molar-refractivity contribution in [3.63, 3.8) is 0 Å². The molecular formula is C14H25N. The lowest BCUT2D eigenvalue weighted by atomic mass is 10.1. The predicted molar refractivity (Wildman–Crippen MR) is 70.7 cm³/mol. The fourth-order valence-corrected chi connectivity index (χ4v) is 1.23. The Morgan fingerprint density at radius 1 is 1.27 bits per heavy atom. The Morgan fingerprint density at radius 2 is 2.00 bits per heavy atom. The zero-order valence-electron chi connectivity index (χ0n) is 10.7. The van der Waals surface area contributed by atoms with Crippen molar-refractivity contribution >= 4 is 5.71 Å². The van der Waals surface area contributed by atoms with Crippen molar-refractivity contribution in [1.82, 2.24) is 0 Å². The molecule has 0 amide bonds. The maximum absolute atomic E-state index is 4.59. The van der Waals surface area contributed by atoms with E-state index in [9.17, 15) is 0 Å². The molecule has 1 nitrogen and oxygen atoms in total. The topological polar surface area (TPSA) is 12.4 Å². The SMILES string of the molecule is C/C=C/C(CCCC)=N\C/C=C(\C)CC. The number of hydrogen-bond donors (Lipinski definition) is 0. The molecule has 0 aliphatic carbocycles. The van der Waals surface area contributed by atoms with Gasteiger partial charge in [-0.15, -0.1) is 0 Å². The van der Waals surface area contributed by atoms with Crippen LogP contribution in [-0.4, -0.2) is 12.3 Å². The second-order valence-corrected chi connectivity index (χ2v) is 3.84. The van der Waals surface area contributed by atoms with Gasteiger partial charge in [0.1, 0.15) is 0 Å². The van der Waals surface area contributed by atoms with E-state index < -0.39 is 0 Å². The molecule has 0 heterocycles. The highest BCUT2D eigenvalue weighted by atomic mass is 14.7. The van der Waals surface area contributed by atoms with Gasteiger partial charge in [0.05, 0.1) is 6.54 Å². The number of hydrogen-bond acceptors (Lipinski definition) is 1. The molecule has 0 fully saturated rings. The quantitative estimate of drug-likeness (QED) is 0.429. The summed E-state index contributed by atoms with van der Waals surface area (Å²) in [4.78, 5) is 4.59. The summed E-state index contributed by atoms with van der Waals surface area (Å²) >= 11 is 0. The highest BCUT2D eigenvalue weighted by Crippen LogP contribution is 2.01. The molecule has 0 saturated heterocycles. The summed E-state index contributed by atoms with van der Waals surface area (Å²) in [5, 5.41) is 0. The van der Waals surface area contributed by atoms with E-state index in [0.717, 1.165) is 19.4 Å². The fourth-order valence-electron chi connectivity index (χ4n) is 1.23. The molecule has 86 valence electrons. The van der Waals surface area contributed by atoms with Crippen LogP contribution in [0.5, 0.6) is 0 Å². The number of aliphatic imine (C=N–C) groups is 1. The van der Waals surface area contributed by atoms with Crippen LogP contribution in [-0.2, 0) is 0 Å². The first-order chi connectivity index (χ1) is 7.24. The summed E-state index contributed by atoms with van der Waals surface area (Å²) in [6.45, 7) is 9.45. The van der Waals surface area contributed by atoms with E-state index in [1.165, 1.54) is 24.1 Å². The predicted octanol–water partition coefficient (Wildman–Crippen LogP) is 4.55. The van der Waals surface area contributed by atoms with Crippen LogP contribution in [0.1, 0.15) is 53.4 Å². The van der Waals surface area contributed by atoms with Gasteiger partial charge >= 0.3 is 0 Å². The highest BCUT2D eigenvalue weighted by molar-refractivity contribution is 5.94. The van der Waals surface area contributed by atoms with Gasteiger partial charge in [-0.2, -0.15) is 0 Å². The van der Waals surface area contributed by atoms with Crippen molar-refractivity contribution in [3.05, 3.63) is 23.8 Å². The Morgan fingerprint density at radius 3 is 2.53 bits per heavy atom. The average molecular weight is 207 g/mol. The van der Waals surface area contributed by atoms with Gasteiger partial charge in [-0.05, 0) is 39.2 Å². The standard InChI is InChI=1S/C14H25N/c1-5-8-10-14(9-6-2)15-12-11-13(4)7-3/h6,9,11H,5,7-8,10,12H2,1-4H3/b9-6+,13-11+,15-14+. The number of unbranched alkanes of at least 4 members (excludes halogenated alkanes) is 1. The third kappa shape index (κ3) is 8.17. The number of rotatable bonds is 7. The zero-order chi connectivity index (χ0) is 11.5. The normalized spacial score (nSPS) is 13.9. The van der Waals surface area contributed by atoms with Crippen LogP contribution in [0.3, 0.4) is 0 Å². The molecule has 0 bridgehead atoms. The third-order valence-corrected chi connectivity index (χ3v) is 2.44. The first-order valence-electron chi connectivity index (χ1n) is 6.06. The van der Waals surface area contributed by atoms with Gasteiger partial charge in [0.25, 0.3) is 0 Å². The van der Waals surface area contributed by atoms with Crippen molar-refractivity contribution in [2.45, 2.75) is 53.4 Å². The summed E-state index contributed by atoms with van der Waals surface area (Å²) in [5.41, 5.74) is 2.66. The Kier molecular flexibility index (Phi) is 9.15. The molecule has 0 radical (unpaired) electrons. The summed E-state index contributed by atoms with van der Waals surface area (Å²) < 4.78 is 0. The van der Waals surface area contributed by atoms with E-state index in [1.54, 1.807) is 0 Å². The summed E-state index contributed by atoms with van der Waals surface area (Å²) in [7, 11) is 0.